The highest BCUT2D eigenvalue weighted by atomic mass is 35.5. The predicted molar refractivity (Wildman–Crippen MR) is 82.3 cm³/mol. The molecule has 1 aromatic carbocycles. The Morgan fingerprint density at radius 1 is 1.50 bits per heavy atom. The van der Waals surface area contributed by atoms with Crippen molar-refractivity contribution in [3.05, 3.63) is 28.8 Å². The maximum atomic E-state index is 9.81. The quantitative estimate of drug-likeness (QED) is 0.875. The number of ether oxygens (including phenoxy) is 1. The van der Waals surface area contributed by atoms with Crippen LogP contribution in [0.3, 0.4) is 0 Å². The third-order valence-corrected chi connectivity index (χ3v) is 4.68. The van der Waals surface area contributed by atoms with Crippen molar-refractivity contribution in [2.75, 3.05) is 13.7 Å². The Labute approximate surface area is 126 Å². The maximum absolute atomic E-state index is 9.81. The highest BCUT2D eigenvalue weighted by Crippen LogP contribution is 2.33. The average Bonchev–Trinajstić information content (AvgIpc) is 2.45. The van der Waals surface area contributed by atoms with Gasteiger partial charge in [-0.15, -0.1) is 0 Å². The van der Waals surface area contributed by atoms with Crippen LogP contribution in [0, 0.1) is 5.92 Å². The third-order valence-electron chi connectivity index (χ3n) is 4.33. The van der Waals surface area contributed by atoms with E-state index in [2.05, 4.69) is 12.2 Å². The summed E-state index contributed by atoms with van der Waals surface area (Å²) in [6, 6.07) is 5.67. The fourth-order valence-corrected chi connectivity index (χ4v) is 3.43. The van der Waals surface area contributed by atoms with Crippen LogP contribution in [-0.4, -0.2) is 24.4 Å². The minimum Gasteiger partial charge on any atom is -0.496 e. The van der Waals surface area contributed by atoms with Crippen LogP contribution in [0.2, 0.25) is 5.02 Å². The van der Waals surface area contributed by atoms with Crippen LogP contribution in [-0.2, 0) is 6.54 Å². The lowest BCUT2D eigenvalue weighted by Gasteiger charge is -2.39. The molecule has 0 bridgehead atoms. The molecule has 1 fully saturated rings. The third kappa shape index (κ3) is 3.46. The summed E-state index contributed by atoms with van der Waals surface area (Å²) < 4.78 is 5.37. The molecule has 2 N–H and O–H groups in total. The van der Waals surface area contributed by atoms with E-state index in [0.29, 0.717) is 17.5 Å². The molecule has 2 unspecified atom stereocenters. The minimum absolute atomic E-state index is 0.171. The molecular formula is C16H24ClNO2. The highest BCUT2D eigenvalue weighted by Gasteiger charge is 2.34. The number of hydrogen-bond acceptors (Lipinski definition) is 3. The molecule has 1 aromatic rings. The summed E-state index contributed by atoms with van der Waals surface area (Å²) in [5.41, 5.74) is 0.782. The fourth-order valence-electron chi connectivity index (χ4n) is 3.20. The fraction of sp³-hybridized carbons (Fsp3) is 0.625. The summed E-state index contributed by atoms with van der Waals surface area (Å²) in [5, 5.41) is 14.0. The molecule has 2 atom stereocenters. The summed E-state index contributed by atoms with van der Waals surface area (Å²) in [4.78, 5) is 0. The van der Waals surface area contributed by atoms with Crippen LogP contribution in [0.15, 0.2) is 18.2 Å². The van der Waals surface area contributed by atoms with E-state index >= 15 is 0 Å². The number of hydrogen-bond donors (Lipinski definition) is 2. The second kappa shape index (κ2) is 6.79. The first kappa shape index (κ1) is 15.6. The molecule has 4 heteroatoms. The normalized spacial score (nSPS) is 26.5. The van der Waals surface area contributed by atoms with Crippen LogP contribution in [0.4, 0.5) is 0 Å². The molecule has 0 aliphatic heterocycles. The first-order chi connectivity index (χ1) is 9.60. The van der Waals surface area contributed by atoms with E-state index in [1.807, 2.05) is 18.2 Å². The Kier molecular flexibility index (Phi) is 5.30. The zero-order valence-electron chi connectivity index (χ0n) is 12.3. The number of benzene rings is 1. The van der Waals surface area contributed by atoms with Gasteiger partial charge in [-0.3, -0.25) is 0 Å². The lowest BCUT2D eigenvalue weighted by Crippen LogP contribution is -2.51. The summed E-state index contributed by atoms with van der Waals surface area (Å²) in [6.45, 7) is 3.04. The van der Waals surface area contributed by atoms with Crippen molar-refractivity contribution in [3.63, 3.8) is 0 Å². The van der Waals surface area contributed by atoms with Gasteiger partial charge in [-0.1, -0.05) is 37.4 Å². The largest absolute Gasteiger partial charge is 0.496 e. The first-order valence-electron chi connectivity index (χ1n) is 7.27. The Morgan fingerprint density at radius 2 is 2.30 bits per heavy atom. The van der Waals surface area contributed by atoms with Crippen LogP contribution in [0.5, 0.6) is 5.75 Å². The van der Waals surface area contributed by atoms with Gasteiger partial charge in [0, 0.05) is 22.7 Å². The van der Waals surface area contributed by atoms with E-state index in [4.69, 9.17) is 16.3 Å². The number of rotatable bonds is 5. The van der Waals surface area contributed by atoms with Gasteiger partial charge in [0.2, 0.25) is 0 Å². The SMILES string of the molecule is COc1cccc(Cl)c1CNC1(CO)CCCC(C)C1. The lowest BCUT2D eigenvalue weighted by molar-refractivity contribution is 0.0980. The zero-order chi connectivity index (χ0) is 14.6. The highest BCUT2D eigenvalue weighted by molar-refractivity contribution is 6.31. The number of aliphatic hydroxyl groups excluding tert-OH is 1. The van der Waals surface area contributed by atoms with Gasteiger partial charge in [0.25, 0.3) is 0 Å². The summed E-state index contributed by atoms with van der Waals surface area (Å²) in [6.07, 6.45) is 4.43. The van der Waals surface area contributed by atoms with Crippen molar-refractivity contribution in [3.8, 4) is 5.75 Å². The van der Waals surface area contributed by atoms with E-state index in [1.54, 1.807) is 7.11 Å². The number of nitrogens with one attached hydrogen (secondary N) is 1. The van der Waals surface area contributed by atoms with Gasteiger partial charge in [0.05, 0.1) is 13.7 Å². The van der Waals surface area contributed by atoms with Crippen molar-refractivity contribution < 1.29 is 9.84 Å². The molecule has 0 aromatic heterocycles. The van der Waals surface area contributed by atoms with E-state index in [0.717, 1.165) is 30.6 Å². The molecule has 1 saturated carbocycles. The first-order valence-corrected chi connectivity index (χ1v) is 7.65. The van der Waals surface area contributed by atoms with E-state index in [1.165, 1.54) is 6.42 Å². The molecule has 0 saturated heterocycles. The molecule has 0 spiro atoms. The summed E-state index contributed by atoms with van der Waals surface area (Å²) >= 11 is 6.26. The molecular weight excluding hydrogens is 274 g/mol. The van der Waals surface area contributed by atoms with Crippen molar-refractivity contribution in [2.24, 2.45) is 5.92 Å². The van der Waals surface area contributed by atoms with Gasteiger partial charge < -0.3 is 15.2 Å². The Morgan fingerprint density at radius 3 is 2.95 bits per heavy atom. The van der Waals surface area contributed by atoms with Crippen LogP contribution in [0.1, 0.15) is 38.2 Å². The lowest BCUT2D eigenvalue weighted by atomic mass is 9.76. The second-order valence-corrected chi connectivity index (χ2v) is 6.32. The van der Waals surface area contributed by atoms with Gasteiger partial charge in [0.15, 0.2) is 0 Å². The Bertz CT molecular complexity index is 452. The molecule has 3 nitrogen and oxygen atoms in total. The average molecular weight is 298 g/mol. The molecule has 2 rings (SSSR count). The Balaban J connectivity index is 2.10. The van der Waals surface area contributed by atoms with Gasteiger partial charge in [-0.25, -0.2) is 0 Å². The van der Waals surface area contributed by atoms with Gasteiger partial charge in [0.1, 0.15) is 5.75 Å². The van der Waals surface area contributed by atoms with E-state index in [-0.39, 0.29) is 12.1 Å². The molecule has 0 heterocycles. The molecule has 0 radical (unpaired) electrons. The standard InChI is InChI=1S/C16H24ClNO2/c1-12-5-4-8-16(9-12,11-19)18-10-13-14(17)6-3-7-15(13)20-2/h3,6-7,12,18-19H,4-5,8-11H2,1-2H3. The molecule has 20 heavy (non-hydrogen) atoms. The molecule has 1 aliphatic rings. The van der Waals surface area contributed by atoms with Gasteiger partial charge in [-0.2, -0.15) is 0 Å². The van der Waals surface area contributed by atoms with Gasteiger partial charge >= 0.3 is 0 Å². The van der Waals surface area contributed by atoms with Crippen molar-refractivity contribution >= 4 is 11.6 Å². The molecule has 112 valence electrons. The minimum atomic E-state index is -0.179. The zero-order valence-corrected chi connectivity index (χ0v) is 13.0. The summed E-state index contributed by atoms with van der Waals surface area (Å²) in [5.74, 6) is 1.44. The van der Waals surface area contributed by atoms with Crippen molar-refractivity contribution in [1.29, 1.82) is 0 Å². The topological polar surface area (TPSA) is 41.5 Å². The molecule has 0 amide bonds. The van der Waals surface area contributed by atoms with E-state index < -0.39 is 0 Å². The smallest absolute Gasteiger partial charge is 0.124 e. The van der Waals surface area contributed by atoms with Crippen LogP contribution in [0.25, 0.3) is 0 Å². The predicted octanol–water partition coefficient (Wildman–Crippen LogP) is 3.38. The monoisotopic (exact) mass is 297 g/mol. The number of halogens is 1. The maximum Gasteiger partial charge on any atom is 0.124 e. The van der Waals surface area contributed by atoms with E-state index in [9.17, 15) is 5.11 Å². The molecule has 1 aliphatic carbocycles. The van der Waals surface area contributed by atoms with Crippen LogP contribution >= 0.6 is 11.6 Å². The number of methoxy groups -OCH3 is 1. The second-order valence-electron chi connectivity index (χ2n) is 5.91. The Hall–Kier alpha value is -0.770. The van der Waals surface area contributed by atoms with Gasteiger partial charge in [-0.05, 0) is 30.9 Å². The van der Waals surface area contributed by atoms with Crippen molar-refractivity contribution in [2.45, 2.75) is 44.7 Å². The van der Waals surface area contributed by atoms with Crippen molar-refractivity contribution in [1.82, 2.24) is 5.32 Å². The van der Waals surface area contributed by atoms with Crippen LogP contribution < -0.4 is 10.1 Å². The summed E-state index contributed by atoms with van der Waals surface area (Å²) in [7, 11) is 1.65. The number of aliphatic hydroxyl groups is 1.